The Kier molecular flexibility index (Phi) is 5.57. The summed E-state index contributed by atoms with van der Waals surface area (Å²) in [6, 6.07) is 14.7. The Bertz CT molecular complexity index is 1360. The first kappa shape index (κ1) is 22.1. The largest absolute Gasteiger partial charge is 0.337 e. The average Bonchev–Trinajstić information content (AvgIpc) is 3.40. The Morgan fingerprint density at radius 2 is 1.94 bits per heavy atom. The van der Waals surface area contributed by atoms with E-state index >= 15 is 0 Å². The van der Waals surface area contributed by atoms with Crippen molar-refractivity contribution in [2.24, 2.45) is 0 Å². The molecule has 0 aliphatic carbocycles. The lowest BCUT2D eigenvalue weighted by atomic mass is 9.86. The van der Waals surface area contributed by atoms with E-state index in [0.717, 1.165) is 46.8 Å². The third-order valence-corrected chi connectivity index (χ3v) is 6.55. The third-order valence-electron chi connectivity index (χ3n) is 6.55. The molecule has 3 heterocycles. The molecule has 3 N–H and O–H groups in total. The van der Waals surface area contributed by atoms with Gasteiger partial charge in [0.15, 0.2) is 11.5 Å². The summed E-state index contributed by atoms with van der Waals surface area (Å²) in [5.74, 6) is 0.694. The predicted molar refractivity (Wildman–Crippen MR) is 137 cm³/mol. The molecule has 1 atom stereocenters. The van der Waals surface area contributed by atoms with Crippen LogP contribution in [0.1, 0.15) is 51.3 Å². The van der Waals surface area contributed by atoms with Gasteiger partial charge in [0.1, 0.15) is 0 Å². The number of carbonyl (C=O) groups excluding carboxylic acids is 1. The predicted octanol–water partition coefficient (Wildman–Crippen LogP) is 5.43. The summed E-state index contributed by atoms with van der Waals surface area (Å²) >= 11 is 0. The smallest absolute Gasteiger partial charge is 0.234 e. The second-order valence-corrected chi connectivity index (χ2v) is 9.40. The number of anilines is 3. The molecule has 0 saturated heterocycles. The summed E-state index contributed by atoms with van der Waals surface area (Å²) in [4.78, 5) is 21.7. The summed E-state index contributed by atoms with van der Waals surface area (Å²) in [5.41, 5.74) is 5.99. The quantitative estimate of drug-likeness (QED) is 0.347. The molecule has 34 heavy (non-hydrogen) atoms. The molecular formula is C27H30N6O. The van der Waals surface area contributed by atoms with Crippen molar-refractivity contribution in [2.45, 2.75) is 45.6 Å². The van der Waals surface area contributed by atoms with E-state index in [1.54, 1.807) is 6.20 Å². The van der Waals surface area contributed by atoms with Gasteiger partial charge in [0.25, 0.3) is 0 Å². The van der Waals surface area contributed by atoms with E-state index in [-0.39, 0.29) is 5.91 Å². The SMILES string of the molecule is CCCNC(C)c1ccc(Nc2nc(-c3ccc4c(c3)NC(=O)C4(C)C)cn3ccnc23)cc1. The molecule has 0 radical (unpaired) electrons. The normalized spacial score (nSPS) is 15.2. The van der Waals surface area contributed by atoms with E-state index in [2.05, 4.69) is 59.0 Å². The maximum atomic E-state index is 12.4. The van der Waals surface area contributed by atoms with Gasteiger partial charge >= 0.3 is 0 Å². The number of carbonyl (C=O) groups is 1. The van der Waals surface area contributed by atoms with Crippen molar-refractivity contribution in [3.8, 4) is 11.3 Å². The Labute approximate surface area is 199 Å². The van der Waals surface area contributed by atoms with Crippen LogP contribution in [0.5, 0.6) is 0 Å². The number of hydrogen-bond acceptors (Lipinski definition) is 5. The van der Waals surface area contributed by atoms with E-state index in [1.807, 2.05) is 48.8 Å². The first-order chi connectivity index (χ1) is 16.4. The molecule has 2 aromatic carbocycles. The van der Waals surface area contributed by atoms with Gasteiger partial charge in [0, 0.05) is 41.6 Å². The molecule has 1 aliphatic heterocycles. The van der Waals surface area contributed by atoms with Crippen LogP contribution in [0.3, 0.4) is 0 Å². The van der Waals surface area contributed by atoms with Crippen molar-refractivity contribution in [1.82, 2.24) is 19.7 Å². The second-order valence-electron chi connectivity index (χ2n) is 9.40. The van der Waals surface area contributed by atoms with Crippen molar-refractivity contribution in [3.05, 3.63) is 72.2 Å². The number of hydrogen-bond donors (Lipinski definition) is 3. The van der Waals surface area contributed by atoms with Crippen LogP contribution in [0.4, 0.5) is 17.2 Å². The molecule has 0 fully saturated rings. The van der Waals surface area contributed by atoms with Crippen LogP contribution in [0.2, 0.25) is 0 Å². The van der Waals surface area contributed by atoms with Gasteiger partial charge in [-0.1, -0.05) is 31.2 Å². The van der Waals surface area contributed by atoms with Crippen molar-refractivity contribution < 1.29 is 4.79 Å². The number of nitrogens with one attached hydrogen (secondary N) is 3. The van der Waals surface area contributed by atoms with Crippen LogP contribution >= 0.6 is 0 Å². The molecule has 1 aliphatic rings. The molecule has 4 aromatic rings. The number of aromatic nitrogens is 3. The molecule has 0 bridgehead atoms. The first-order valence-electron chi connectivity index (χ1n) is 11.8. The maximum Gasteiger partial charge on any atom is 0.234 e. The Balaban J connectivity index is 1.46. The van der Waals surface area contributed by atoms with Gasteiger partial charge in [-0.05, 0) is 63.1 Å². The molecular weight excluding hydrogens is 424 g/mol. The van der Waals surface area contributed by atoms with Gasteiger partial charge in [-0.3, -0.25) is 4.79 Å². The molecule has 7 heteroatoms. The van der Waals surface area contributed by atoms with Crippen molar-refractivity contribution in [1.29, 1.82) is 0 Å². The zero-order valence-electron chi connectivity index (χ0n) is 20.0. The van der Waals surface area contributed by atoms with Gasteiger partial charge < -0.3 is 20.4 Å². The molecule has 5 rings (SSSR count). The van der Waals surface area contributed by atoms with Crippen molar-refractivity contribution >= 4 is 28.7 Å². The van der Waals surface area contributed by atoms with Crippen molar-refractivity contribution in [2.75, 3.05) is 17.2 Å². The minimum Gasteiger partial charge on any atom is -0.337 e. The number of benzene rings is 2. The van der Waals surface area contributed by atoms with E-state index < -0.39 is 5.41 Å². The lowest BCUT2D eigenvalue weighted by Crippen LogP contribution is -2.26. The van der Waals surface area contributed by atoms with Crippen LogP contribution in [0.15, 0.2) is 61.1 Å². The summed E-state index contributed by atoms with van der Waals surface area (Å²) in [7, 11) is 0. The molecule has 2 aromatic heterocycles. The lowest BCUT2D eigenvalue weighted by molar-refractivity contribution is -0.119. The number of fused-ring (bicyclic) bond motifs is 2. The van der Waals surface area contributed by atoms with E-state index in [0.29, 0.717) is 11.9 Å². The van der Waals surface area contributed by atoms with Crippen LogP contribution in [0, 0.1) is 0 Å². The lowest BCUT2D eigenvalue weighted by Gasteiger charge is -2.16. The number of imidazole rings is 1. The minimum absolute atomic E-state index is 0.0164. The monoisotopic (exact) mass is 454 g/mol. The fourth-order valence-corrected chi connectivity index (χ4v) is 4.38. The fourth-order valence-electron chi connectivity index (χ4n) is 4.38. The van der Waals surface area contributed by atoms with Gasteiger partial charge in [0.05, 0.1) is 11.1 Å². The zero-order valence-corrected chi connectivity index (χ0v) is 20.0. The highest BCUT2D eigenvalue weighted by atomic mass is 16.2. The summed E-state index contributed by atoms with van der Waals surface area (Å²) < 4.78 is 1.96. The van der Waals surface area contributed by atoms with Crippen LogP contribution < -0.4 is 16.0 Å². The number of nitrogens with zero attached hydrogens (tertiary/aromatic N) is 3. The first-order valence-corrected chi connectivity index (χ1v) is 11.8. The summed E-state index contributed by atoms with van der Waals surface area (Å²) in [6.45, 7) is 9.23. The molecule has 7 nitrogen and oxygen atoms in total. The molecule has 0 saturated carbocycles. The van der Waals surface area contributed by atoms with Gasteiger partial charge in [-0.25, -0.2) is 9.97 Å². The van der Waals surface area contributed by atoms with Crippen LogP contribution in [-0.2, 0) is 10.2 Å². The van der Waals surface area contributed by atoms with E-state index in [9.17, 15) is 4.79 Å². The second kappa shape index (κ2) is 8.57. The third kappa shape index (κ3) is 3.92. The highest BCUT2D eigenvalue weighted by Crippen LogP contribution is 2.39. The van der Waals surface area contributed by atoms with Gasteiger partial charge in [0.2, 0.25) is 5.91 Å². The number of rotatable bonds is 7. The zero-order chi connectivity index (χ0) is 23.9. The highest BCUT2D eigenvalue weighted by Gasteiger charge is 2.38. The Morgan fingerprint density at radius 1 is 1.15 bits per heavy atom. The topological polar surface area (TPSA) is 83.4 Å². The highest BCUT2D eigenvalue weighted by molar-refractivity contribution is 6.06. The van der Waals surface area contributed by atoms with Crippen LogP contribution in [0.25, 0.3) is 16.9 Å². The summed E-state index contributed by atoms with van der Waals surface area (Å²) in [5, 5.41) is 9.96. The molecule has 0 spiro atoms. The maximum absolute atomic E-state index is 12.4. The minimum atomic E-state index is -0.530. The number of amides is 1. The van der Waals surface area contributed by atoms with Crippen molar-refractivity contribution in [3.63, 3.8) is 0 Å². The Hall–Kier alpha value is -3.71. The van der Waals surface area contributed by atoms with Crippen LogP contribution in [-0.4, -0.2) is 26.8 Å². The standard InChI is InChI=1S/C27H30N6O/c1-5-12-28-17(2)18-6-9-20(10-7-18)30-24-25-29-13-14-33(25)16-23(31-24)19-8-11-21-22(15-19)32-26(34)27(21,3)4/h6-11,13-17,28H,5,12H2,1-4H3,(H,30,31)(H,32,34). The van der Waals surface area contributed by atoms with E-state index in [4.69, 9.17) is 4.98 Å². The molecule has 1 amide bonds. The van der Waals surface area contributed by atoms with E-state index in [1.165, 1.54) is 5.56 Å². The summed E-state index contributed by atoms with van der Waals surface area (Å²) in [6.07, 6.45) is 6.75. The van der Waals surface area contributed by atoms with Gasteiger partial charge in [-0.2, -0.15) is 0 Å². The molecule has 174 valence electrons. The Morgan fingerprint density at radius 3 is 2.71 bits per heavy atom. The van der Waals surface area contributed by atoms with Gasteiger partial charge in [-0.15, -0.1) is 0 Å². The average molecular weight is 455 g/mol. The fraction of sp³-hybridized carbons (Fsp3) is 0.296. The molecule has 1 unspecified atom stereocenters.